The predicted molar refractivity (Wildman–Crippen MR) is 179 cm³/mol. The molecule has 1 aromatic carbocycles. The van der Waals surface area contributed by atoms with Crippen LogP contribution < -0.4 is 10.1 Å². The Morgan fingerprint density at radius 2 is 1.81 bits per heavy atom. The molecule has 1 saturated heterocycles. The van der Waals surface area contributed by atoms with Crippen molar-refractivity contribution in [3.8, 4) is 39.7 Å². The zero-order valence-electron chi connectivity index (χ0n) is 26.6. The van der Waals surface area contributed by atoms with Crippen molar-refractivity contribution in [3.63, 3.8) is 0 Å². The number of likely N-dealkylation sites (tertiary alicyclic amines) is 1. The number of aromatic nitrogens is 7. The maximum atomic E-state index is 14.8. The molecule has 3 N–H and O–H groups in total. The minimum Gasteiger partial charge on any atom is -0.492 e. The summed E-state index contributed by atoms with van der Waals surface area (Å²) in [6.45, 7) is 9.53. The lowest BCUT2D eigenvalue weighted by Gasteiger charge is -2.17. The fourth-order valence-corrected chi connectivity index (χ4v) is 5.95. The molecule has 12 heteroatoms. The Morgan fingerprint density at radius 3 is 2.64 bits per heavy atom. The fourth-order valence-electron chi connectivity index (χ4n) is 5.95. The molecular weight excluding hydrogens is 597 g/mol. The van der Waals surface area contributed by atoms with E-state index < -0.39 is 5.82 Å². The molecule has 5 aromatic heterocycles. The Morgan fingerprint density at radius 1 is 0.979 bits per heavy atom. The van der Waals surface area contributed by atoms with Crippen molar-refractivity contribution in [2.75, 3.05) is 31.6 Å². The van der Waals surface area contributed by atoms with Gasteiger partial charge >= 0.3 is 0 Å². The molecule has 6 heterocycles. The number of nitrogens with zero attached hydrogens (tertiary/aromatic N) is 6. The second-order valence-electron chi connectivity index (χ2n) is 13.2. The number of pyridine rings is 3. The van der Waals surface area contributed by atoms with Gasteiger partial charge in [0.05, 0.1) is 46.5 Å². The average molecular weight is 634 g/mol. The van der Waals surface area contributed by atoms with Crippen molar-refractivity contribution in [1.29, 1.82) is 0 Å². The number of halogens is 1. The van der Waals surface area contributed by atoms with Crippen LogP contribution in [0.4, 0.5) is 10.1 Å². The number of anilines is 1. The summed E-state index contributed by atoms with van der Waals surface area (Å²) in [6, 6.07) is 8.46. The lowest BCUT2D eigenvalue weighted by molar-refractivity contribution is -0.117. The van der Waals surface area contributed by atoms with Crippen LogP contribution in [-0.4, -0.2) is 72.2 Å². The number of amides is 1. The van der Waals surface area contributed by atoms with Gasteiger partial charge in [-0.25, -0.2) is 9.37 Å². The summed E-state index contributed by atoms with van der Waals surface area (Å²) in [7, 11) is 0. The van der Waals surface area contributed by atoms with Gasteiger partial charge in [0.1, 0.15) is 23.9 Å². The molecule has 0 unspecified atom stereocenters. The smallest absolute Gasteiger partial charge is 0.224 e. The number of ether oxygens (including phenoxy) is 1. The van der Waals surface area contributed by atoms with Gasteiger partial charge in [-0.2, -0.15) is 5.10 Å². The summed E-state index contributed by atoms with van der Waals surface area (Å²) in [5.74, 6) is 0.530. The van der Waals surface area contributed by atoms with Crippen LogP contribution in [-0.2, 0) is 4.79 Å². The molecule has 0 saturated carbocycles. The van der Waals surface area contributed by atoms with Gasteiger partial charge < -0.3 is 15.0 Å². The Balaban J connectivity index is 1.17. The molecule has 240 valence electrons. The first-order valence-electron chi connectivity index (χ1n) is 15.8. The zero-order chi connectivity index (χ0) is 32.5. The summed E-state index contributed by atoms with van der Waals surface area (Å²) in [5, 5.41) is 11.3. The van der Waals surface area contributed by atoms with Crippen LogP contribution in [0.15, 0.2) is 61.3 Å². The van der Waals surface area contributed by atoms with E-state index in [1.807, 2.05) is 39.0 Å². The van der Waals surface area contributed by atoms with Crippen molar-refractivity contribution < 1.29 is 13.9 Å². The van der Waals surface area contributed by atoms with Gasteiger partial charge in [0.15, 0.2) is 5.82 Å². The summed E-state index contributed by atoms with van der Waals surface area (Å²) in [4.78, 5) is 36.5. The first kappa shape index (κ1) is 30.4. The second kappa shape index (κ2) is 12.5. The Labute approximate surface area is 271 Å². The minimum atomic E-state index is -0.392. The van der Waals surface area contributed by atoms with Crippen LogP contribution in [0.1, 0.15) is 40.0 Å². The van der Waals surface area contributed by atoms with Crippen LogP contribution in [0.5, 0.6) is 5.75 Å². The van der Waals surface area contributed by atoms with Crippen LogP contribution in [0.3, 0.4) is 0 Å². The molecule has 7 rings (SSSR count). The normalized spacial score (nSPS) is 13.9. The molecule has 1 aliphatic rings. The van der Waals surface area contributed by atoms with Gasteiger partial charge in [0.25, 0.3) is 0 Å². The molecule has 0 aliphatic carbocycles. The lowest BCUT2D eigenvalue weighted by Crippen LogP contribution is -2.25. The van der Waals surface area contributed by atoms with Crippen LogP contribution in [0.2, 0.25) is 0 Å². The number of H-pyrrole nitrogens is 2. The highest BCUT2D eigenvalue weighted by atomic mass is 19.1. The highest BCUT2D eigenvalue weighted by Crippen LogP contribution is 2.34. The van der Waals surface area contributed by atoms with Crippen molar-refractivity contribution in [3.05, 3.63) is 67.1 Å². The first-order valence-corrected chi connectivity index (χ1v) is 15.8. The highest BCUT2D eigenvalue weighted by Gasteiger charge is 2.19. The van der Waals surface area contributed by atoms with Crippen LogP contribution in [0.25, 0.3) is 55.8 Å². The van der Waals surface area contributed by atoms with E-state index in [1.54, 1.807) is 31.0 Å². The number of nitrogens with one attached hydrogen (secondary N) is 3. The maximum Gasteiger partial charge on any atom is 0.224 e. The van der Waals surface area contributed by atoms with Gasteiger partial charge in [0, 0.05) is 47.9 Å². The molecule has 6 aromatic rings. The van der Waals surface area contributed by atoms with Crippen molar-refractivity contribution >= 4 is 33.5 Å². The van der Waals surface area contributed by atoms with E-state index in [0.717, 1.165) is 36.1 Å². The van der Waals surface area contributed by atoms with Gasteiger partial charge in [-0.15, -0.1) is 0 Å². The van der Waals surface area contributed by atoms with Crippen molar-refractivity contribution in [2.45, 2.75) is 40.0 Å². The van der Waals surface area contributed by atoms with E-state index in [-0.39, 0.29) is 11.3 Å². The number of rotatable bonds is 9. The number of carbonyl (C=O) groups is 1. The number of hydrogen-bond donors (Lipinski definition) is 3. The third-order valence-electron chi connectivity index (χ3n) is 8.13. The molecule has 1 amide bonds. The third-order valence-corrected chi connectivity index (χ3v) is 8.13. The molecule has 0 atom stereocenters. The first-order chi connectivity index (χ1) is 22.7. The lowest BCUT2D eigenvalue weighted by atomic mass is 9.92. The van der Waals surface area contributed by atoms with E-state index in [2.05, 4.69) is 40.3 Å². The average Bonchev–Trinajstić information content (AvgIpc) is 3.79. The molecule has 1 fully saturated rings. The fraction of sp³-hybridized carbons (Fsp3) is 0.314. The van der Waals surface area contributed by atoms with Gasteiger partial charge in [-0.3, -0.25) is 29.7 Å². The largest absolute Gasteiger partial charge is 0.492 e. The van der Waals surface area contributed by atoms with Gasteiger partial charge in [0.2, 0.25) is 5.91 Å². The number of carbonyl (C=O) groups excluding carboxylic acids is 1. The Bertz CT molecular complexity index is 2080. The number of benzene rings is 1. The number of hydrogen-bond acceptors (Lipinski definition) is 8. The molecule has 0 bridgehead atoms. The quantitative estimate of drug-likeness (QED) is 0.162. The van der Waals surface area contributed by atoms with Gasteiger partial charge in [-0.1, -0.05) is 20.8 Å². The second-order valence-corrected chi connectivity index (χ2v) is 13.2. The van der Waals surface area contributed by atoms with Crippen molar-refractivity contribution in [2.24, 2.45) is 5.41 Å². The number of aromatic amines is 2. The SMILES string of the molecule is CC(C)(C)CC(=O)Nc1cncc(-c2cc3c(-c4nc5c(-c6cc(F)cc(OCCN7CCCC7)c6)cncc5[nH]4)n[nH]c3cn2)c1. The van der Waals surface area contributed by atoms with E-state index in [1.165, 1.54) is 25.0 Å². The van der Waals surface area contributed by atoms with E-state index >= 15 is 0 Å². The summed E-state index contributed by atoms with van der Waals surface area (Å²) >= 11 is 0. The molecule has 1 aliphatic heterocycles. The van der Waals surface area contributed by atoms with E-state index in [0.29, 0.717) is 63.8 Å². The Hall–Kier alpha value is -5.23. The highest BCUT2D eigenvalue weighted by molar-refractivity contribution is 5.97. The third kappa shape index (κ3) is 6.82. The Kier molecular flexibility index (Phi) is 8.10. The maximum absolute atomic E-state index is 14.8. The van der Waals surface area contributed by atoms with Crippen LogP contribution >= 0.6 is 0 Å². The van der Waals surface area contributed by atoms with E-state index in [4.69, 9.17) is 9.72 Å². The molecule has 47 heavy (non-hydrogen) atoms. The van der Waals surface area contributed by atoms with Crippen LogP contribution in [0, 0.1) is 11.2 Å². The predicted octanol–water partition coefficient (Wildman–Crippen LogP) is 6.61. The number of imidazole rings is 1. The van der Waals surface area contributed by atoms with Gasteiger partial charge in [-0.05, 0) is 61.2 Å². The molecular formula is C35H36FN9O2. The number of fused-ring (bicyclic) bond motifs is 2. The zero-order valence-corrected chi connectivity index (χ0v) is 26.6. The summed E-state index contributed by atoms with van der Waals surface area (Å²) < 4.78 is 20.7. The molecule has 0 spiro atoms. The molecule has 0 radical (unpaired) electrons. The topological polar surface area (TPSA) is 138 Å². The summed E-state index contributed by atoms with van der Waals surface area (Å²) in [5.41, 5.74) is 5.82. The van der Waals surface area contributed by atoms with Crippen molar-refractivity contribution in [1.82, 2.24) is 40.0 Å². The van der Waals surface area contributed by atoms with E-state index in [9.17, 15) is 9.18 Å². The minimum absolute atomic E-state index is 0.0739. The summed E-state index contributed by atoms with van der Waals surface area (Å²) in [6.07, 6.45) is 11.2. The standard InChI is InChI=1S/C35H36FN9O2/c1-35(2,3)15-31(46)40-24-11-22(16-37-17-24)28-14-26-29(20-39-28)43-44-33(26)34-41-30-19-38-18-27(32(30)42-34)21-10-23(36)13-25(12-21)47-9-8-45-6-4-5-7-45/h10-14,16-20H,4-9,15H2,1-3H3,(H,40,46)(H,41,42)(H,43,44). The monoisotopic (exact) mass is 633 g/mol. The molecule has 11 nitrogen and oxygen atoms in total.